The van der Waals surface area contributed by atoms with E-state index in [4.69, 9.17) is 4.74 Å². The fourth-order valence-corrected chi connectivity index (χ4v) is 4.41. The molecule has 174 valence electrons. The molecule has 1 heterocycles. The number of carbonyl (C=O) groups excluding carboxylic acids is 1. The van der Waals surface area contributed by atoms with Crippen LogP contribution in [0.15, 0.2) is 60.7 Å². The van der Waals surface area contributed by atoms with Gasteiger partial charge in [-0.2, -0.15) is 0 Å². The van der Waals surface area contributed by atoms with E-state index in [1.807, 2.05) is 90.2 Å². The lowest BCUT2D eigenvalue weighted by molar-refractivity contribution is 0.00703. The van der Waals surface area contributed by atoms with Crippen molar-refractivity contribution >= 4 is 22.8 Å². The number of carbonyl (C=O) groups is 2. The number of hydrogen-bond acceptors (Lipinski definition) is 3. The molecule has 4 rings (SSSR count). The van der Waals surface area contributed by atoms with Crippen LogP contribution < -0.4 is 0 Å². The van der Waals surface area contributed by atoms with Gasteiger partial charge in [-0.15, -0.1) is 0 Å². The second-order valence-electron chi connectivity index (χ2n) is 9.59. The Morgan fingerprint density at radius 1 is 0.882 bits per heavy atom. The highest BCUT2D eigenvalue weighted by Crippen LogP contribution is 2.39. The SMILES string of the molecule is Cc1c(C)n(C)c2ccc(C(=O)O)c(-c3ccc(-c4ccccc4)c(C(=O)OC(C)(C)C)c3)c12. The molecule has 5 heteroatoms. The number of aromatic nitrogens is 1. The van der Waals surface area contributed by atoms with Gasteiger partial charge in [0.05, 0.1) is 11.1 Å². The molecule has 34 heavy (non-hydrogen) atoms. The summed E-state index contributed by atoms with van der Waals surface area (Å²) in [6.45, 7) is 9.51. The van der Waals surface area contributed by atoms with E-state index >= 15 is 0 Å². The van der Waals surface area contributed by atoms with E-state index in [0.717, 1.165) is 33.3 Å². The number of nitrogens with zero attached hydrogens (tertiary/aromatic N) is 1. The lowest BCUT2D eigenvalue weighted by Crippen LogP contribution is -2.24. The number of fused-ring (bicyclic) bond motifs is 1. The van der Waals surface area contributed by atoms with Gasteiger partial charge >= 0.3 is 11.9 Å². The van der Waals surface area contributed by atoms with Crippen LogP contribution in [-0.2, 0) is 11.8 Å². The lowest BCUT2D eigenvalue weighted by Gasteiger charge is -2.21. The van der Waals surface area contributed by atoms with Gasteiger partial charge in [-0.3, -0.25) is 0 Å². The van der Waals surface area contributed by atoms with Crippen molar-refractivity contribution < 1.29 is 19.4 Å². The van der Waals surface area contributed by atoms with Crippen molar-refractivity contribution in [3.8, 4) is 22.3 Å². The minimum absolute atomic E-state index is 0.198. The number of aryl methyl sites for hydroxylation is 2. The number of rotatable bonds is 4. The second-order valence-corrected chi connectivity index (χ2v) is 9.59. The van der Waals surface area contributed by atoms with Crippen LogP contribution >= 0.6 is 0 Å². The summed E-state index contributed by atoms with van der Waals surface area (Å²) in [5.74, 6) is -1.46. The van der Waals surface area contributed by atoms with E-state index in [-0.39, 0.29) is 5.56 Å². The zero-order valence-electron chi connectivity index (χ0n) is 20.4. The largest absolute Gasteiger partial charge is 0.478 e. The monoisotopic (exact) mass is 455 g/mol. The van der Waals surface area contributed by atoms with Crippen LogP contribution in [0, 0.1) is 13.8 Å². The number of ether oxygens (including phenoxy) is 1. The normalized spacial score (nSPS) is 11.6. The molecule has 0 spiro atoms. The van der Waals surface area contributed by atoms with Crippen LogP contribution in [0.25, 0.3) is 33.2 Å². The molecule has 0 aliphatic heterocycles. The van der Waals surface area contributed by atoms with Crippen LogP contribution in [0.5, 0.6) is 0 Å². The summed E-state index contributed by atoms with van der Waals surface area (Å²) in [6.07, 6.45) is 0. The molecule has 0 amide bonds. The zero-order valence-corrected chi connectivity index (χ0v) is 20.4. The Hall–Kier alpha value is -3.86. The van der Waals surface area contributed by atoms with E-state index in [9.17, 15) is 14.7 Å². The van der Waals surface area contributed by atoms with E-state index in [1.165, 1.54) is 0 Å². The topological polar surface area (TPSA) is 68.5 Å². The van der Waals surface area contributed by atoms with Gasteiger partial charge in [-0.05, 0) is 75.1 Å². The first-order valence-electron chi connectivity index (χ1n) is 11.2. The smallest absolute Gasteiger partial charge is 0.339 e. The van der Waals surface area contributed by atoms with Crippen LogP contribution in [0.3, 0.4) is 0 Å². The molecule has 5 nitrogen and oxygen atoms in total. The van der Waals surface area contributed by atoms with Gasteiger partial charge in [0.1, 0.15) is 5.60 Å². The Morgan fingerprint density at radius 3 is 2.18 bits per heavy atom. The molecule has 0 saturated carbocycles. The number of carboxylic acid groups (broad SMARTS) is 1. The summed E-state index contributed by atoms with van der Waals surface area (Å²) in [5, 5.41) is 10.9. The van der Waals surface area contributed by atoms with Crippen molar-refractivity contribution in [2.45, 2.75) is 40.2 Å². The molecule has 0 aliphatic rings. The van der Waals surface area contributed by atoms with Gasteiger partial charge in [0, 0.05) is 29.2 Å². The van der Waals surface area contributed by atoms with Crippen molar-refractivity contribution in [1.29, 1.82) is 0 Å². The van der Waals surface area contributed by atoms with Crippen molar-refractivity contribution in [1.82, 2.24) is 4.57 Å². The molecule has 0 radical (unpaired) electrons. The molecule has 4 aromatic rings. The Balaban J connectivity index is 2.04. The first-order valence-corrected chi connectivity index (χ1v) is 11.2. The number of carboxylic acids is 1. The van der Waals surface area contributed by atoms with Crippen molar-refractivity contribution in [3.05, 3.63) is 83.0 Å². The molecule has 1 aromatic heterocycles. The molecule has 3 aromatic carbocycles. The van der Waals surface area contributed by atoms with Gasteiger partial charge < -0.3 is 14.4 Å². The molecular weight excluding hydrogens is 426 g/mol. The lowest BCUT2D eigenvalue weighted by atomic mass is 9.90. The number of aromatic carboxylic acids is 1. The maximum Gasteiger partial charge on any atom is 0.339 e. The van der Waals surface area contributed by atoms with Gasteiger partial charge in [0.2, 0.25) is 0 Å². The number of hydrogen-bond donors (Lipinski definition) is 1. The summed E-state index contributed by atoms with van der Waals surface area (Å²) in [6, 6.07) is 18.6. The molecule has 0 saturated heterocycles. The number of benzene rings is 3. The summed E-state index contributed by atoms with van der Waals surface area (Å²) in [4.78, 5) is 25.5. The van der Waals surface area contributed by atoms with Gasteiger partial charge in [-0.25, -0.2) is 9.59 Å². The van der Waals surface area contributed by atoms with Crippen LogP contribution in [0.4, 0.5) is 0 Å². The first kappa shape index (κ1) is 23.3. The average molecular weight is 456 g/mol. The average Bonchev–Trinajstić information content (AvgIpc) is 3.01. The molecule has 0 aliphatic carbocycles. The molecule has 0 fully saturated rings. The Kier molecular flexibility index (Phi) is 5.82. The van der Waals surface area contributed by atoms with Crippen LogP contribution in [0.2, 0.25) is 0 Å². The maximum atomic E-state index is 13.3. The first-order chi connectivity index (χ1) is 16.0. The van der Waals surface area contributed by atoms with Crippen LogP contribution in [0.1, 0.15) is 52.7 Å². The second kappa shape index (κ2) is 8.49. The zero-order chi connectivity index (χ0) is 24.8. The Labute approximate surface area is 199 Å². The Bertz CT molecular complexity index is 1420. The minimum Gasteiger partial charge on any atom is -0.478 e. The van der Waals surface area contributed by atoms with Gasteiger partial charge in [-0.1, -0.05) is 42.5 Å². The minimum atomic E-state index is -1.01. The van der Waals surface area contributed by atoms with E-state index in [0.29, 0.717) is 16.7 Å². The summed E-state index contributed by atoms with van der Waals surface area (Å²) < 4.78 is 7.79. The fraction of sp³-hybridized carbons (Fsp3) is 0.241. The van der Waals surface area contributed by atoms with Crippen LogP contribution in [-0.4, -0.2) is 27.2 Å². The fourth-order valence-electron chi connectivity index (χ4n) is 4.41. The quantitative estimate of drug-likeness (QED) is 0.344. The molecule has 0 unspecified atom stereocenters. The predicted octanol–water partition coefficient (Wildman–Crippen LogP) is 6.78. The van der Waals surface area contributed by atoms with E-state index < -0.39 is 17.5 Å². The summed E-state index contributed by atoms with van der Waals surface area (Å²) >= 11 is 0. The number of esters is 1. The van der Waals surface area contributed by atoms with Crippen molar-refractivity contribution in [3.63, 3.8) is 0 Å². The molecule has 0 bridgehead atoms. The summed E-state index contributed by atoms with van der Waals surface area (Å²) in [5.41, 5.74) is 5.85. The highest BCUT2D eigenvalue weighted by atomic mass is 16.6. The highest BCUT2D eigenvalue weighted by molar-refractivity contribution is 6.10. The third kappa shape index (κ3) is 4.10. The van der Waals surface area contributed by atoms with E-state index in [2.05, 4.69) is 4.57 Å². The standard InChI is InChI=1S/C29H29NO4/c1-17-18(2)30(6)24-15-14-22(27(31)32)26(25(17)24)20-12-13-21(19-10-8-7-9-11-19)23(16-20)28(33)34-29(3,4)5/h7-16H,1-6H3,(H,31,32). The van der Waals surface area contributed by atoms with E-state index in [1.54, 1.807) is 12.1 Å². The van der Waals surface area contributed by atoms with Crippen molar-refractivity contribution in [2.24, 2.45) is 7.05 Å². The van der Waals surface area contributed by atoms with Gasteiger partial charge in [0.25, 0.3) is 0 Å². The molecule has 0 atom stereocenters. The molecule has 1 N–H and O–H groups in total. The third-order valence-corrected chi connectivity index (χ3v) is 6.21. The maximum absolute atomic E-state index is 13.3. The Morgan fingerprint density at radius 2 is 1.56 bits per heavy atom. The third-order valence-electron chi connectivity index (χ3n) is 6.21. The summed E-state index contributed by atoms with van der Waals surface area (Å²) in [7, 11) is 1.97. The predicted molar refractivity (Wildman–Crippen MR) is 135 cm³/mol. The molecular formula is C29H29NO4. The van der Waals surface area contributed by atoms with Gasteiger partial charge in [0.15, 0.2) is 0 Å². The highest BCUT2D eigenvalue weighted by Gasteiger charge is 2.25. The van der Waals surface area contributed by atoms with Crippen molar-refractivity contribution in [2.75, 3.05) is 0 Å².